The second-order valence-corrected chi connectivity index (χ2v) is 5.68. The summed E-state index contributed by atoms with van der Waals surface area (Å²) < 4.78 is 0. The van der Waals surface area contributed by atoms with Crippen molar-refractivity contribution in [3.05, 3.63) is 42.0 Å². The Kier molecular flexibility index (Phi) is 3.25. The minimum Gasteiger partial charge on any atom is -0.332 e. The number of hydrogen-bond donors (Lipinski definition) is 0. The number of anilines is 1. The Morgan fingerprint density at radius 2 is 1.84 bits per heavy atom. The summed E-state index contributed by atoms with van der Waals surface area (Å²) in [5, 5.41) is 2.60. The minimum absolute atomic E-state index is 0.977. The summed E-state index contributed by atoms with van der Waals surface area (Å²) >= 11 is 5.65. The van der Waals surface area contributed by atoms with Gasteiger partial charge in [0.25, 0.3) is 0 Å². The number of benzene rings is 2. The molecule has 0 radical (unpaired) electrons. The van der Waals surface area contributed by atoms with Crippen LogP contribution in [0.25, 0.3) is 10.8 Å². The molecule has 0 atom stereocenters. The fourth-order valence-electron chi connectivity index (χ4n) is 2.75. The van der Waals surface area contributed by atoms with Gasteiger partial charge >= 0.3 is 0 Å². The Bertz CT molecular complexity index is 628. The standard InChI is InChI=1S/C16H18N2S/c1-17(2)10-5-11-18-14-9-4-7-12-6-3-8-13(15(12)14)16(18)19/h3-4,6-9H,5,10-11H2,1-2H3. The first-order chi connectivity index (χ1) is 9.18. The second kappa shape index (κ2) is 4.91. The van der Waals surface area contributed by atoms with E-state index in [4.69, 9.17) is 12.2 Å². The number of hydrogen-bond acceptors (Lipinski definition) is 2. The number of nitrogens with zero attached hydrogens (tertiary/aromatic N) is 2. The lowest BCUT2D eigenvalue weighted by Crippen LogP contribution is -2.29. The molecule has 0 spiro atoms. The average molecular weight is 270 g/mol. The molecule has 1 heterocycles. The lowest BCUT2D eigenvalue weighted by Gasteiger charge is -2.21. The van der Waals surface area contributed by atoms with Crippen LogP contribution in [0.4, 0.5) is 5.69 Å². The monoisotopic (exact) mass is 270 g/mol. The van der Waals surface area contributed by atoms with Crippen molar-refractivity contribution >= 4 is 33.7 Å². The van der Waals surface area contributed by atoms with E-state index in [0.717, 1.165) is 24.5 Å². The number of rotatable bonds is 4. The summed E-state index contributed by atoms with van der Waals surface area (Å²) in [5.41, 5.74) is 2.49. The van der Waals surface area contributed by atoms with Gasteiger partial charge in [0.05, 0.1) is 5.69 Å². The van der Waals surface area contributed by atoms with E-state index in [1.165, 1.54) is 22.0 Å². The predicted octanol–water partition coefficient (Wildman–Crippen LogP) is 3.29. The molecule has 3 rings (SSSR count). The minimum atomic E-state index is 0.977. The first-order valence-electron chi connectivity index (χ1n) is 6.67. The second-order valence-electron chi connectivity index (χ2n) is 5.29. The van der Waals surface area contributed by atoms with Crippen molar-refractivity contribution in [1.29, 1.82) is 0 Å². The van der Waals surface area contributed by atoms with Crippen molar-refractivity contribution in [3.8, 4) is 0 Å². The third-order valence-corrected chi connectivity index (χ3v) is 4.08. The first kappa shape index (κ1) is 12.6. The molecule has 2 nitrogen and oxygen atoms in total. The highest BCUT2D eigenvalue weighted by molar-refractivity contribution is 7.81. The van der Waals surface area contributed by atoms with Gasteiger partial charge in [0.15, 0.2) is 0 Å². The zero-order chi connectivity index (χ0) is 13.4. The largest absolute Gasteiger partial charge is 0.332 e. The van der Waals surface area contributed by atoms with Crippen molar-refractivity contribution in [1.82, 2.24) is 4.90 Å². The lowest BCUT2D eigenvalue weighted by atomic mass is 10.1. The highest BCUT2D eigenvalue weighted by Crippen LogP contribution is 2.37. The van der Waals surface area contributed by atoms with E-state index in [-0.39, 0.29) is 0 Å². The van der Waals surface area contributed by atoms with Crippen LogP contribution in [0.5, 0.6) is 0 Å². The van der Waals surface area contributed by atoms with Crippen molar-refractivity contribution in [2.24, 2.45) is 0 Å². The summed E-state index contributed by atoms with van der Waals surface area (Å²) in [6.07, 6.45) is 1.12. The van der Waals surface area contributed by atoms with Crippen molar-refractivity contribution in [2.75, 3.05) is 32.1 Å². The van der Waals surface area contributed by atoms with Crippen LogP contribution in [0.3, 0.4) is 0 Å². The van der Waals surface area contributed by atoms with Crippen molar-refractivity contribution in [3.63, 3.8) is 0 Å². The molecule has 0 aromatic heterocycles. The fourth-order valence-corrected chi connectivity index (χ4v) is 3.11. The smallest absolute Gasteiger partial charge is 0.114 e. The fraction of sp³-hybridized carbons (Fsp3) is 0.312. The maximum atomic E-state index is 5.65. The van der Waals surface area contributed by atoms with E-state index in [1.54, 1.807) is 0 Å². The summed E-state index contributed by atoms with van der Waals surface area (Å²) in [7, 11) is 4.22. The SMILES string of the molecule is CN(C)CCCN1C(=S)c2cccc3cccc1c23. The summed E-state index contributed by atoms with van der Waals surface area (Å²) in [4.78, 5) is 5.48. The number of thiocarbonyl (C=S) groups is 1. The van der Waals surface area contributed by atoms with Gasteiger partial charge in [-0.3, -0.25) is 0 Å². The molecular formula is C16H18N2S. The lowest BCUT2D eigenvalue weighted by molar-refractivity contribution is 0.403. The van der Waals surface area contributed by atoms with Crippen LogP contribution >= 0.6 is 12.2 Å². The zero-order valence-corrected chi connectivity index (χ0v) is 12.2. The van der Waals surface area contributed by atoms with Gasteiger partial charge in [0.2, 0.25) is 0 Å². The Balaban J connectivity index is 1.94. The molecule has 0 N–H and O–H groups in total. The first-order valence-corrected chi connectivity index (χ1v) is 7.07. The maximum Gasteiger partial charge on any atom is 0.114 e. The van der Waals surface area contributed by atoms with Crippen LogP contribution in [0, 0.1) is 0 Å². The molecule has 0 aliphatic carbocycles. The van der Waals surface area contributed by atoms with Crippen LogP contribution in [0.2, 0.25) is 0 Å². The van der Waals surface area contributed by atoms with Crippen LogP contribution in [0.1, 0.15) is 12.0 Å². The van der Waals surface area contributed by atoms with Crippen LogP contribution in [0.15, 0.2) is 36.4 Å². The summed E-state index contributed by atoms with van der Waals surface area (Å²) in [6.45, 7) is 2.08. The average Bonchev–Trinajstić information content (AvgIpc) is 2.67. The Labute approximate surface area is 119 Å². The molecule has 1 aliphatic heterocycles. The van der Waals surface area contributed by atoms with Gasteiger partial charge in [-0.15, -0.1) is 0 Å². The topological polar surface area (TPSA) is 6.48 Å². The van der Waals surface area contributed by atoms with Gasteiger partial charge < -0.3 is 9.80 Å². The summed E-state index contributed by atoms with van der Waals surface area (Å²) in [6, 6.07) is 12.9. The van der Waals surface area contributed by atoms with E-state index in [2.05, 4.69) is 60.3 Å². The van der Waals surface area contributed by atoms with Crippen molar-refractivity contribution in [2.45, 2.75) is 6.42 Å². The normalized spacial score (nSPS) is 13.8. The van der Waals surface area contributed by atoms with Gasteiger partial charge in [0.1, 0.15) is 4.99 Å². The van der Waals surface area contributed by atoms with E-state index >= 15 is 0 Å². The summed E-state index contributed by atoms with van der Waals surface area (Å²) in [5.74, 6) is 0. The third kappa shape index (κ3) is 2.13. The molecule has 2 aromatic carbocycles. The molecule has 98 valence electrons. The van der Waals surface area contributed by atoms with E-state index < -0.39 is 0 Å². The van der Waals surface area contributed by atoms with Gasteiger partial charge in [-0.2, -0.15) is 0 Å². The molecule has 0 fully saturated rings. The quantitative estimate of drug-likeness (QED) is 0.787. The highest BCUT2D eigenvalue weighted by Gasteiger charge is 2.25. The van der Waals surface area contributed by atoms with Gasteiger partial charge in [-0.05, 0) is 38.5 Å². The Hall–Kier alpha value is -1.45. The molecule has 3 heteroatoms. The van der Waals surface area contributed by atoms with Gasteiger partial charge in [-0.25, -0.2) is 0 Å². The van der Waals surface area contributed by atoms with E-state index in [9.17, 15) is 0 Å². The molecule has 1 aliphatic rings. The van der Waals surface area contributed by atoms with Crippen LogP contribution < -0.4 is 4.90 Å². The molecule has 0 saturated heterocycles. The molecular weight excluding hydrogens is 252 g/mol. The maximum absolute atomic E-state index is 5.65. The molecule has 2 aromatic rings. The third-order valence-electron chi connectivity index (χ3n) is 3.64. The van der Waals surface area contributed by atoms with Crippen LogP contribution in [-0.2, 0) is 0 Å². The molecule has 19 heavy (non-hydrogen) atoms. The zero-order valence-electron chi connectivity index (χ0n) is 11.4. The highest BCUT2D eigenvalue weighted by atomic mass is 32.1. The molecule has 0 unspecified atom stereocenters. The van der Waals surface area contributed by atoms with Crippen LogP contribution in [-0.4, -0.2) is 37.1 Å². The molecule has 0 saturated carbocycles. The molecule has 0 bridgehead atoms. The Morgan fingerprint density at radius 1 is 1.11 bits per heavy atom. The van der Waals surface area contributed by atoms with Gasteiger partial charge in [0, 0.05) is 17.5 Å². The molecule has 0 amide bonds. The van der Waals surface area contributed by atoms with Gasteiger partial charge in [-0.1, -0.05) is 42.5 Å². The van der Waals surface area contributed by atoms with E-state index in [1.807, 2.05) is 0 Å². The van der Waals surface area contributed by atoms with E-state index in [0.29, 0.717) is 0 Å². The Morgan fingerprint density at radius 3 is 2.58 bits per heavy atom. The predicted molar refractivity (Wildman–Crippen MR) is 86.2 cm³/mol. The van der Waals surface area contributed by atoms with Crippen molar-refractivity contribution < 1.29 is 0 Å².